The molecule has 1 aliphatic carbocycles. The van der Waals surface area contributed by atoms with E-state index in [0.29, 0.717) is 6.04 Å². The Balaban J connectivity index is 1.68. The van der Waals surface area contributed by atoms with Gasteiger partial charge in [0.25, 0.3) is 0 Å². The Morgan fingerprint density at radius 3 is 2.80 bits per heavy atom. The van der Waals surface area contributed by atoms with E-state index in [4.69, 9.17) is 0 Å². The molecule has 108 valence electrons. The Kier molecular flexibility index (Phi) is 3.79. The summed E-state index contributed by atoms with van der Waals surface area (Å²) in [6.45, 7) is 5.65. The third kappa shape index (κ3) is 2.59. The number of hydrogen-bond acceptors (Lipinski definition) is 2. The predicted octanol–water partition coefficient (Wildman–Crippen LogP) is 3.49. The van der Waals surface area contributed by atoms with Gasteiger partial charge in [0.1, 0.15) is 0 Å². The lowest BCUT2D eigenvalue weighted by molar-refractivity contribution is 0.225. The molecule has 1 aromatic heterocycles. The molecule has 3 heteroatoms. The smallest absolute Gasteiger partial charge is 0.0841 e. The van der Waals surface area contributed by atoms with Gasteiger partial charge in [-0.2, -0.15) is 5.10 Å². The van der Waals surface area contributed by atoms with Crippen LogP contribution in [-0.4, -0.2) is 15.8 Å². The second kappa shape index (κ2) is 5.57. The van der Waals surface area contributed by atoms with Crippen molar-refractivity contribution in [3.63, 3.8) is 0 Å². The SMILES string of the molecule is CC1CCC(NCc2nn(C)c3ccccc23)CC1C. The molecule has 1 fully saturated rings. The molecular weight excluding hydrogens is 246 g/mol. The van der Waals surface area contributed by atoms with Crippen LogP contribution in [0.4, 0.5) is 0 Å². The fraction of sp³-hybridized carbons (Fsp3) is 0.588. The summed E-state index contributed by atoms with van der Waals surface area (Å²) in [5.74, 6) is 1.71. The Labute approximate surface area is 121 Å². The molecular formula is C17H25N3. The van der Waals surface area contributed by atoms with Crippen LogP contribution in [0.25, 0.3) is 10.9 Å². The van der Waals surface area contributed by atoms with Crippen LogP contribution < -0.4 is 5.32 Å². The summed E-state index contributed by atoms with van der Waals surface area (Å²) in [4.78, 5) is 0. The first kappa shape index (κ1) is 13.6. The van der Waals surface area contributed by atoms with Crippen molar-refractivity contribution < 1.29 is 0 Å². The molecule has 3 atom stereocenters. The third-order valence-corrected chi connectivity index (χ3v) is 4.99. The highest BCUT2D eigenvalue weighted by Gasteiger charge is 2.24. The summed E-state index contributed by atoms with van der Waals surface area (Å²) in [5, 5.41) is 9.66. The fourth-order valence-electron chi connectivity index (χ4n) is 3.39. The second-order valence-electron chi connectivity index (χ2n) is 6.43. The molecule has 0 spiro atoms. The van der Waals surface area contributed by atoms with Crippen LogP contribution in [0, 0.1) is 11.8 Å². The largest absolute Gasteiger partial charge is 0.308 e. The van der Waals surface area contributed by atoms with E-state index in [0.717, 1.165) is 18.4 Å². The number of aryl methyl sites for hydroxylation is 1. The van der Waals surface area contributed by atoms with Crippen molar-refractivity contribution >= 4 is 10.9 Å². The standard InChI is InChI=1S/C17H25N3/c1-12-8-9-14(10-13(12)2)18-11-16-15-6-4-5-7-17(15)20(3)19-16/h4-7,12-14,18H,8-11H2,1-3H3. The van der Waals surface area contributed by atoms with Gasteiger partial charge >= 0.3 is 0 Å². The maximum atomic E-state index is 4.66. The Bertz CT molecular complexity index is 587. The summed E-state index contributed by atoms with van der Waals surface area (Å²) < 4.78 is 1.98. The van der Waals surface area contributed by atoms with E-state index in [-0.39, 0.29) is 0 Å². The predicted molar refractivity (Wildman–Crippen MR) is 83.5 cm³/mol. The monoisotopic (exact) mass is 271 g/mol. The van der Waals surface area contributed by atoms with E-state index < -0.39 is 0 Å². The Morgan fingerprint density at radius 1 is 1.20 bits per heavy atom. The van der Waals surface area contributed by atoms with Gasteiger partial charge in [-0.05, 0) is 37.2 Å². The van der Waals surface area contributed by atoms with Crippen LogP contribution in [0.3, 0.4) is 0 Å². The van der Waals surface area contributed by atoms with Crippen LogP contribution >= 0.6 is 0 Å². The van der Waals surface area contributed by atoms with Gasteiger partial charge in [0.05, 0.1) is 11.2 Å². The molecule has 1 aromatic carbocycles. The number of rotatable bonds is 3. The van der Waals surface area contributed by atoms with Crippen molar-refractivity contribution in [3.8, 4) is 0 Å². The normalized spacial score (nSPS) is 27.1. The summed E-state index contributed by atoms with van der Waals surface area (Å²) in [7, 11) is 2.02. The number of hydrogen-bond donors (Lipinski definition) is 1. The summed E-state index contributed by atoms with van der Waals surface area (Å²) in [5.41, 5.74) is 2.39. The van der Waals surface area contributed by atoms with Crippen molar-refractivity contribution in [2.75, 3.05) is 0 Å². The van der Waals surface area contributed by atoms with Crippen molar-refractivity contribution in [2.24, 2.45) is 18.9 Å². The molecule has 1 N–H and O–H groups in total. The first-order chi connectivity index (χ1) is 9.65. The zero-order valence-corrected chi connectivity index (χ0v) is 12.8. The zero-order valence-electron chi connectivity index (χ0n) is 12.8. The molecule has 3 nitrogen and oxygen atoms in total. The van der Waals surface area contributed by atoms with Gasteiger partial charge in [0.2, 0.25) is 0 Å². The average Bonchev–Trinajstić information content (AvgIpc) is 2.78. The van der Waals surface area contributed by atoms with Gasteiger partial charge in [-0.15, -0.1) is 0 Å². The summed E-state index contributed by atoms with van der Waals surface area (Å²) >= 11 is 0. The van der Waals surface area contributed by atoms with E-state index in [1.165, 1.54) is 35.9 Å². The minimum atomic E-state index is 0.655. The highest BCUT2D eigenvalue weighted by atomic mass is 15.3. The molecule has 0 radical (unpaired) electrons. The number of nitrogens with zero attached hydrogens (tertiary/aromatic N) is 2. The molecule has 0 bridgehead atoms. The molecule has 0 saturated heterocycles. The summed E-state index contributed by atoms with van der Waals surface area (Å²) in [6.07, 6.45) is 3.95. The van der Waals surface area contributed by atoms with Crippen LogP contribution in [0.2, 0.25) is 0 Å². The quantitative estimate of drug-likeness (QED) is 0.926. The molecule has 1 saturated carbocycles. The highest BCUT2D eigenvalue weighted by molar-refractivity contribution is 5.81. The van der Waals surface area contributed by atoms with E-state index in [1.54, 1.807) is 0 Å². The number of benzene rings is 1. The van der Waals surface area contributed by atoms with E-state index in [9.17, 15) is 0 Å². The third-order valence-electron chi connectivity index (χ3n) is 4.99. The summed E-state index contributed by atoms with van der Waals surface area (Å²) in [6, 6.07) is 9.13. The topological polar surface area (TPSA) is 29.9 Å². The number of aromatic nitrogens is 2. The van der Waals surface area contributed by atoms with Gasteiger partial charge < -0.3 is 5.32 Å². The lowest BCUT2D eigenvalue weighted by Gasteiger charge is -2.32. The van der Waals surface area contributed by atoms with Crippen molar-refractivity contribution in [1.82, 2.24) is 15.1 Å². The molecule has 1 aliphatic rings. The molecule has 3 unspecified atom stereocenters. The van der Waals surface area contributed by atoms with Crippen molar-refractivity contribution in [2.45, 2.75) is 45.7 Å². The van der Waals surface area contributed by atoms with Crippen molar-refractivity contribution in [1.29, 1.82) is 0 Å². The molecule has 20 heavy (non-hydrogen) atoms. The van der Waals surface area contributed by atoms with Crippen molar-refractivity contribution in [3.05, 3.63) is 30.0 Å². The lowest BCUT2D eigenvalue weighted by atomic mass is 9.79. The molecule has 3 rings (SSSR count). The maximum absolute atomic E-state index is 4.66. The second-order valence-corrected chi connectivity index (χ2v) is 6.43. The first-order valence-electron chi connectivity index (χ1n) is 7.79. The van der Waals surface area contributed by atoms with Gasteiger partial charge in [0.15, 0.2) is 0 Å². The number of fused-ring (bicyclic) bond motifs is 1. The lowest BCUT2D eigenvalue weighted by Crippen LogP contribution is -2.35. The molecule has 1 heterocycles. The van der Waals surface area contributed by atoms with Gasteiger partial charge in [-0.3, -0.25) is 4.68 Å². The van der Waals surface area contributed by atoms with Gasteiger partial charge in [-0.1, -0.05) is 32.0 Å². The highest BCUT2D eigenvalue weighted by Crippen LogP contribution is 2.29. The Morgan fingerprint density at radius 2 is 2.00 bits per heavy atom. The molecule has 2 aromatic rings. The minimum absolute atomic E-state index is 0.655. The van der Waals surface area contributed by atoms with Crippen LogP contribution in [0.1, 0.15) is 38.8 Å². The molecule has 0 amide bonds. The van der Waals surface area contributed by atoms with Crippen LogP contribution in [-0.2, 0) is 13.6 Å². The van der Waals surface area contributed by atoms with Gasteiger partial charge in [0, 0.05) is 25.0 Å². The van der Waals surface area contributed by atoms with Gasteiger partial charge in [-0.25, -0.2) is 0 Å². The molecule has 0 aliphatic heterocycles. The number of para-hydroxylation sites is 1. The van der Waals surface area contributed by atoms with Crippen LogP contribution in [0.5, 0.6) is 0 Å². The minimum Gasteiger partial charge on any atom is -0.308 e. The van der Waals surface area contributed by atoms with E-state index in [1.807, 2.05) is 11.7 Å². The zero-order chi connectivity index (χ0) is 14.1. The van der Waals surface area contributed by atoms with E-state index >= 15 is 0 Å². The number of nitrogens with one attached hydrogen (secondary N) is 1. The first-order valence-corrected chi connectivity index (χ1v) is 7.79. The van der Waals surface area contributed by atoms with E-state index in [2.05, 4.69) is 48.5 Å². The average molecular weight is 271 g/mol. The maximum Gasteiger partial charge on any atom is 0.0841 e. The fourth-order valence-corrected chi connectivity index (χ4v) is 3.39. The van der Waals surface area contributed by atoms with Crippen LogP contribution in [0.15, 0.2) is 24.3 Å². The Hall–Kier alpha value is -1.35.